The molecule has 1 aliphatic heterocycles. The molecule has 1 aromatic heterocycles. The zero-order valence-electron chi connectivity index (χ0n) is 12.7. The van der Waals surface area contributed by atoms with Crippen molar-refractivity contribution < 1.29 is 14.6 Å². The summed E-state index contributed by atoms with van der Waals surface area (Å²) >= 11 is 0. The Balaban J connectivity index is 2.29. The maximum atomic E-state index is 11.3. The van der Waals surface area contributed by atoms with Crippen molar-refractivity contribution in [2.45, 2.75) is 45.1 Å². The van der Waals surface area contributed by atoms with Crippen LogP contribution in [0, 0.1) is 6.92 Å². The van der Waals surface area contributed by atoms with Gasteiger partial charge in [-0.15, -0.1) is 0 Å². The van der Waals surface area contributed by atoms with E-state index in [9.17, 15) is 9.90 Å². The topological polar surface area (TPSA) is 62.3 Å². The number of aromatic nitrogens is 1. The van der Waals surface area contributed by atoms with Crippen LogP contribution in [0.1, 0.15) is 49.4 Å². The van der Waals surface area contributed by atoms with Gasteiger partial charge in [0.05, 0.1) is 18.7 Å². The number of H-pyrrole nitrogens is 1. The van der Waals surface area contributed by atoms with E-state index in [0.717, 1.165) is 11.2 Å². The van der Waals surface area contributed by atoms with Crippen molar-refractivity contribution in [1.29, 1.82) is 0 Å². The summed E-state index contributed by atoms with van der Waals surface area (Å²) in [5.74, 6) is -0.559. The predicted octanol–water partition coefficient (Wildman–Crippen LogP) is 3.69. The Kier molecular flexibility index (Phi) is 3.29. The number of para-hydroxylation sites is 1. The van der Waals surface area contributed by atoms with Gasteiger partial charge in [-0.1, -0.05) is 32.0 Å². The molecule has 21 heavy (non-hydrogen) atoms. The molecule has 2 aromatic rings. The summed E-state index contributed by atoms with van der Waals surface area (Å²) in [6, 6.07) is 6.24. The second-order valence-electron chi connectivity index (χ2n) is 6.04. The van der Waals surface area contributed by atoms with Crippen molar-refractivity contribution in [2.75, 3.05) is 6.61 Å². The number of aromatic amines is 1. The van der Waals surface area contributed by atoms with Gasteiger partial charge in [0.25, 0.3) is 0 Å². The molecule has 0 aliphatic carbocycles. The minimum atomic E-state index is -0.826. The van der Waals surface area contributed by atoms with Gasteiger partial charge in [0.15, 0.2) is 0 Å². The van der Waals surface area contributed by atoms with Crippen molar-refractivity contribution in [3.63, 3.8) is 0 Å². The van der Waals surface area contributed by atoms with Crippen LogP contribution in [0.5, 0.6) is 0 Å². The van der Waals surface area contributed by atoms with Crippen LogP contribution in [-0.4, -0.2) is 22.7 Å². The number of hydrogen-bond donors (Lipinski definition) is 2. The second kappa shape index (κ2) is 4.88. The van der Waals surface area contributed by atoms with E-state index in [4.69, 9.17) is 4.74 Å². The number of aryl methyl sites for hydroxylation is 1. The maximum absolute atomic E-state index is 11.3. The highest BCUT2D eigenvalue weighted by Crippen LogP contribution is 2.45. The lowest BCUT2D eigenvalue weighted by molar-refractivity contribution is -0.149. The van der Waals surface area contributed by atoms with Crippen molar-refractivity contribution >= 4 is 16.9 Å². The summed E-state index contributed by atoms with van der Waals surface area (Å²) in [6.07, 6.45) is 0.639. The molecule has 2 N–H and O–H groups in total. The molecule has 0 fully saturated rings. The maximum Gasteiger partial charge on any atom is 0.306 e. The molecular weight excluding hydrogens is 266 g/mol. The van der Waals surface area contributed by atoms with Crippen LogP contribution in [0.3, 0.4) is 0 Å². The fourth-order valence-electron chi connectivity index (χ4n) is 3.48. The molecule has 2 unspecified atom stereocenters. The molecule has 1 aliphatic rings. The van der Waals surface area contributed by atoms with Crippen LogP contribution >= 0.6 is 0 Å². The zero-order chi connectivity index (χ0) is 15.2. The van der Waals surface area contributed by atoms with Crippen LogP contribution in [0.25, 0.3) is 10.9 Å². The zero-order valence-corrected chi connectivity index (χ0v) is 12.7. The molecule has 0 saturated heterocycles. The number of nitrogens with one attached hydrogen (secondary N) is 1. The largest absolute Gasteiger partial charge is 0.481 e. The SMILES string of the molecule is CCC1(CC(=O)O)OCC(C)c2c1[nH]c1c(C)cccc21. The summed E-state index contributed by atoms with van der Waals surface area (Å²) in [7, 11) is 0. The van der Waals surface area contributed by atoms with E-state index in [1.807, 2.05) is 6.92 Å². The van der Waals surface area contributed by atoms with Gasteiger partial charge in [-0.05, 0) is 24.5 Å². The fourth-order valence-corrected chi connectivity index (χ4v) is 3.48. The Morgan fingerprint density at radius 1 is 1.52 bits per heavy atom. The summed E-state index contributed by atoms with van der Waals surface area (Å²) < 4.78 is 6.02. The Morgan fingerprint density at radius 3 is 2.95 bits per heavy atom. The van der Waals surface area contributed by atoms with E-state index in [2.05, 4.69) is 37.0 Å². The molecule has 0 saturated carbocycles. The molecule has 0 spiro atoms. The number of hydrogen-bond acceptors (Lipinski definition) is 2. The highest BCUT2D eigenvalue weighted by molar-refractivity contribution is 5.88. The highest BCUT2D eigenvalue weighted by Gasteiger charge is 2.42. The standard InChI is InChI=1S/C17H21NO3/c1-4-17(8-13(19)20)16-14(11(3)9-21-17)12-7-5-6-10(2)15(12)18-16/h5-7,11,18H,4,8-9H2,1-3H3,(H,19,20). The first-order chi connectivity index (χ1) is 9.98. The smallest absolute Gasteiger partial charge is 0.306 e. The van der Waals surface area contributed by atoms with Gasteiger partial charge in [-0.25, -0.2) is 0 Å². The Hall–Kier alpha value is -1.81. The first-order valence-corrected chi connectivity index (χ1v) is 7.46. The molecular formula is C17H21NO3. The highest BCUT2D eigenvalue weighted by atomic mass is 16.5. The minimum Gasteiger partial charge on any atom is -0.481 e. The fraction of sp³-hybridized carbons (Fsp3) is 0.471. The van der Waals surface area contributed by atoms with Crippen LogP contribution in [0.15, 0.2) is 18.2 Å². The number of carboxylic acid groups (broad SMARTS) is 1. The van der Waals surface area contributed by atoms with E-state index in [0.29, 0.717) is 13.0 Å². The molecule has 112 valence electrons. The van der Waals surface area contributed by atoms with Crippen LogP contribution in [0.2, 0.25) is 0 Å². The quantitative estimate of drug-likeness (QED) is 0.905. The summed E-state index contributed by atoms with van der Waals surface area (Å²) in [5.41, 5.74) is 3.72. The molecule has 0 amide bonds. The summed E-state index contributed by atoms with van der Waals surface area (Å²) in [4.78, 5) is 14.8. The molecule has 0 radical (unpaired) electrons. The number of carboxylic acids is 1. The van der Waals surface area contributed by atoms with Crippen molar-refractivity contribution in [2.24, 2.45) is 0 Å². The minimum absolute atomic E-state index is 0.00487. The monoisotopic (exact) mass is 287 g/mol. The molecule has 4 heteroatoms. The van der Waals surface area contributed by atoms with E-state index < -0.39 is 11.6 Å². The van der Waals surface area contributed by atoms with E-state index in [1.165, 1.54) is 16.5 Å². The third-order valence-electron chi connectivity index (χ3n) is 4.65. The van der Waals surface area contributed by atoms with Crippen LogP contribution in [-0.2, 0) is 15.1 Å². The van der Waals surface area contributed by atoms with Crippen LogP contribution in [0.4, 0.5) is 0 Å². The van der Waals surface area contributed by atoms with Gasteiger partial charge in [0, 0.05) is 16.8 Å². The van der Waals surface area contributed by atoms with Gasteiger partial charge in [0.2, 0.25) is 0 Å². The van der Waals surface area contributed by atoms with Gasteiger partial charge in [-0.2, -0.15) is 0 Å². The van der Waals surface area contributed by atoms with E-state index >= 15 is 0 Å². The van der Waals surface area contributed by atoms with Gasteiger partial charge in [0.1, 0.15) is 5.60 Å². The lowest BCUT2D eigenvalue weighted by atomic mass is 9.82. The van der Waals surface area contributed by atoms with Gasteiger partial charge in [-0.3, -0.25) is 4.79 Å². The van der Waals surface area contributed by atoms with E-state index in [-0.39, 0.29) is 12.3 Å². The van der Waals surface area contributed by atoms with Crippen molar-refractivity contribution in [1.82, 2.24) is 4.98 Å². The van der Waals surface area contributed by atoms with Crippen molar-refractivity contribution in [3.8, 4) is 0 Å². The number of fused-ring (bicyclic) bond motifs is 3. The van der Waals surface area contributed by atoms with Crippen LogP contribution < -0.4 is 0 Å². The molecule has 3 rings (SSSR count). The number of ether oxygens (including phenoxy) is 1. The number of rotatable bonds is 3. The van der Waals surface area contributed by atoms with Gasteiger partial charge < -0.3 is 14.8 Å². The third kappa shape index (κ3) is 2.05. The number of carbonyl (C=O) groups is 1. The molecule has 0 bridgehead atoms. The molecule has 1 aromatic carbocycles. The Morgan fingerprint density at radius 2 is 2.29 bits per heavy atom. The van der Waals surface area contributed by atoms with E-state index in [1.54, 1.807) is 0 Å². The lowest BCUT2D eigenvalue weighted by Crippen LogP contribution is -2.38. The number of benzene rings is 1. The van der Waals surface area contributed by atoms with Gasteiger partial charge >= 0.3 is 5.97 Å². The second-order valence-corrected chi connectivity index (χ2v) is 6.04. The first-order valence-electron chi connectivity index (χ1n) is 7.46. The lowest BCUT2D eigenvalue weighted by Gasteiger charge is -2.38. The summed E-state index contributed by atoms with van der Waals surface area (Å²) in [6.45, 7) is 6.76. The Labute approximate surface area is 124 Å². The summed E-state index contributed by atoms with van der Waals surface area (Å²) in [5, 5.41) is 10.5. The van der Waals surface area contributed by atoms with Crippen molar-refractivity contribution in [3.05, 3.63) is 35.0 Å². The average molecular weight is 287 g/mol. The Bertz CT molecular complexity index is 703. The molecule has 4 nitrogen and oxygen atoms in total. The average Bonchev–Trinajstić information content (AvgIpc) is 2.84. The predicted molar refractivity (Wildman–Crippen MR) is 81.6 cm³/mol. The third-order valence-corrected chi connectivity index (χ3v) is 4.65. The first kappa shape index (κ1) is 14.1. The number of aliphatic carboxylic acids is 1. The molecule has 2 atom stereocenters. The normalized spacial score (nSPS) is 25.0. The molecule has 2 heterocycles.